The maximum Gasteiger partial charge on any atom is 0.194 e. The largest absolute Gasteiger partial charge is 0.289 e. The molecule has 1 nitrogen and oxygen atoms in total. The van der Waals surface area contributed by atoms with Crippen LogP contribution in [0.15, 0.2) is 36.4 Å². The Bertz CT molecular complexity index is 618. The van der Waals surface area contributed by atoms with Gasteiger partial charge in [-0.15, -0.1) is 0 Å². The average Bonchev–Trinajstić information content (AvgIpc) is 2.35. The molecule has 0 N–H and O–H groups in total. The van der Waals surface area contributed by atoms with Gasteiger partial charge < -0.3 is 0 Å². The van der Waals surface area contributed by atoms with Gasteiger partial charge in [-0.2, -0.15) is 0 Å². The van der Waals surface area contributed by atoms with Gasteiger partial charge in [0.05, 0.1) is 5.02 Å². The second-order valence-corrected chi connectivity index (χ2v) is 5.10. The van der Waals surface area contributed by atoms with Crippen LogP contribution in [0.4, 0.5) is 0 Å². The fraction of sp³-hybridized carbons (Fsp3) is 0.133. The minimum Gasteiger partial charge on any atom is -0.289 e. The number of rotatable bonds is 2. The predicted molar refractivity (Wildman–Crippen MR) is 75.8 cm³/mol. The highest BCUT2D eigenvalue weighted by Crippen LogP contribution is 2.24. The maximum absolute atomic E-state index is 12.3. The lowest BCUT2D eigenvalue weighted by Crippen LogP contribution is -2.03. The lowest BCUT2D eigenvalue weighted by molar-refractivity contribution is 0.103. The molecule has 0 aromatic heterocycles. The van der Waals surface area contributed by atoms with E-state index in [2.05, 4.69) is 0 Å². The third-order valence-corrected chi connectivity index (χ3v) is 3.51. The summed E-state index contributed by atoms with van der Waals surface area (Å²) in [6.07, 6.45) is 0. The van der Waals surface area contributed by atoms with Crippen LogP contribution in [-0.4, -0.2) is 5.78 Å². The van der Waals surface area contributed by atoms with Crippen molar-refractivity contribution in [2.24, 2.45) is 0 Å². The van der Waals surface area contributed by atoms with E-state index in [0.29, 0.717) is 21.2 Å². The molecule has 0 aliphatic rings. The summed E-state index contributed by atoms with van der Waals surface area (Å²) < 4.78 is 0. The van der Waals surface area contributed by atoms with Gasteiger partial charge in [0.15, 0.2) is 5.78 Å². The summed E-state index contributed by atoms with van der Waals surface area (Å²) in [5, 5.41) is 0.925. The number of ketones is 1. The van der Waals surface area contributed by atoms with E-state index in [-0.39, 0.29) is 5.78 Å². The summed E-state index contributed by atoms with van der Waals surface area (Å²) >= 11 is 11.9. The zero-order chi connectivity index (χ0) is 13.3. The molecule has 0 fully saturated rings. The molecule has 0 heterocycles. The van der Waals surface area contributed by atoms with E-state index < -0.39 is 0 Å². The molecule has 0 radical (unpaired) electrons. The molecule has 0 atom stereocenters. The Morgan fingerprint density at radius 2 is 1.67 bits per heavy atom. The van der Waals surface area contributed by atoms with Gasteiger partial charge in [0.2, 0.25) is 0 Å². The van der Waals surface area contributed by atoms with Crippen LogP contribution in [0.1, 0.15) is 27.0 Å². The smallest absolute Gasteiger partial charge is 0.194 e. The van der Waals surface area contributed by atoms with Crippen molar-refractivity contribution in [1.82, 2.24) is 0 Å². The van der Waals surface area contributed by atoms with Crippen LogP contribution in [0, 0.1) is 13.8 Å². The van der Waals surface area contributed by atoms with Crippen LogP contribution in [-0.2, 0) is 0 Å². The molecular formula is C15H12Cl2O. The van der Waals surface area contributed by atoms with Crippen molar-refractivity contribution in [3.05, 3.63) is 68.7 Å². The standard InChI is InChI=1S/C15H12Cl2O/c1-9-3-4-11(7-10(9)2)15(18)13-8-12(16)5-6-14(13)17/h3-8H,1-2H3. The van der Waals surface area contributed by atoms with Crippen molar-refractivity contribution in [3.63, 3.8) is 0 Å². The van der Waals surface area contributed by atoms with Crippen molar-refractivity contribution < 1.29 is 4.79 Å². The van der Waals surface area contributed by atoms with E-state index in [4.69, 9.17) is 23.2 Å². The highest BCUT2D eigenvalue weighted by molar-refractivity contribution is 6.36. The molecule has 0 spiro atoms. The molecule has 0 aliphatic heterocycles. The van der Waals surface area contributed by atoms with Gasteiger partial charge in [-0.1, -0.05) is 35.3 Å². The van der Waals surface area contributed by atoms with Gasteiger partial charge in [0.1, 0.15) is 0 Å². The molecule has 2 rings (SSSR count). The molecule has 2 aromatic carbocycles. The normalized spacial score (nSPS) is 10.4. The lowest BCUT2D eigenvalue weighted by atomic mass is 9.99. The SMILES string of the molecule is Cc1ccc(C(=O)c2cc(Cl)ccc2Cl)cc1C. The number of carbonyl (C=O) groups is 1. The number of hydrogen-bond donors (Lipinski definition) is 0. The third kappa shape index (κ3) is 2.58. The fourth-order valence-corrected chi connectivity index (χ4v) is 2.09. The van der Waals surface area contributed by atoms with Gasteiger partial charge in [-0.05, 0) is 49.2 Å². The first-order valence-electron chi connectivity index (χ1n) is 5.56. The highest BCUT2D eigenvalue weighted by atomic mass is 35.5. The van der Waals surface area contributed by atoms with E-state index in [1.54, 1.807) is 18.2 Å². The van der Waals surface area contributed by atoms with Crippen molar-refractivity contribution in [1.29, 1.82) is 0 Å². The first-order valence-corrected chi connectivity index (χ1v) is 6.31. The zero-order valence-corrected chi connectivity index (χ0v) is 11.6. The van der Waals surface area contributed by atoms with E-state index >= 15 is 0 Å². The van der Waals surface area contributed by atoms with Crippen molar-refractivity contribution >= 4 is 29.0 Å². The number of halogens is 2. The van der Waals surface area contributed by atoms with Crippen LogP contribution in [0.2, 0.25) is 10.0 Å². The summed E-state index contributed by atoms with van der Waals surface area (Å²) in [5.41, 5.74) is 3.30. The summed E-state index contributed by atoms with van der Waals surface area (Å²) in [5.74, 6) is -0.106. The molecule has 0 amide bonds. The second-order valence-electron chi connectivity index (χ2n) is 4.25. The van der Waals surface area contributed by atoms with Crippen LogP contribution in [0.3, 0.4) is 0 Å². The summed E-state index contributed by atoms with van der Waals surface area (Å²) in [6.45, 7) is 3.99. The lowest BCUT2D eigenvalue weighted by Gasteiger charge is -2.06. The first-order chi connectivity index (χ1) is 8.49. The molecule has 0 saturated carbocycles. The maximum atomic E-state index is 12.3. The molecule has 0 saturated heterocycles. The number of benzene rings is 2. The van der Waals surface area contributed by atoms with Crippen LogP contribution in [0.25, 0.3) is 0 Å². The predicted octanol–water partition coefficient (Wildman–Crippen LogP) is 4.84. The van der Waals surface area contributed by atoms with Gasteiger partial charge in [-0.3, -0.25) is 4.79 Å². The van der Waals surface area contributed by atoms with E-state index in [9.17, 15) is 4.79 Å². The van der Waals surface area contributed by atoms with Crippen LogP contribution >= 0.6 is 23.2 Å². The van der Waals surface area contributed by atoms with Gasteiger partial charge in [-0.25, -0.2) is 0 Å². The van der Waals surface area contributed by atoms with Crippen molar-refractivity contribution in [2.45, 2.75) is 13.8 Å². The van der Waals surface area contributed by atoms with Crippen molar-refractivity contribution in [2.75, 3.05) is 0 Å². The van der Waals surface area contributed by atoms with Gasteiger partial charge >= 0.3 is 0 Å². The molecule has 0 unspecified atom stereocenters. The highest BCUT2D eigenvalue weighted by Gasteiger charge is 2.13. The Kier molecular flexibility index (Phi) is 3.74. The first kappa shape index (κ1) is 13.1. The minimum absolute atomic E-state index is 0.106. The second kappa shape index (κ2) is 5.13. The summed E-state index contributed by atoms with van der Waals surface area (Å²) in [4.78, 5) is 12.3. The molecule has 0 bridgehead atoms. The van der Waals surface area contributed by atoms with Gasteiger partial charge in [0, 0.05) is 16.1 Å². The Morgan fingerprint density at radius 1 is 0.944 bits per heavy atom. The number of aryl methyl sites for hydroxylation is 2. The fourth-order valence-electron chi connectivity index (χ4n) is 1.71. The summed E-state index contributed by atoms with van der Waals surface area (Å²) in [7, 11) is 0. The summed E-state index contributed by atoms with van der Waals surface area (Å²) in [6, 6.07) is 10.5. The minimum atomic E-state index is -0.106. The number of hydrogen-bond acceptors (Lipinski definition) is 1. The quantitative estimate of drug-likeness (QED) is 0.719. The monoisotopic (exact) mass is 278 g/mol. The van der Waals surface area contributed by atoms with E-state index in [1.807, 2.05) is 32.0 Å². The molecule has 0 aliphatic carbocycles. The third-order valence-electron chi connectivity index (χ3n) is 2.94. The van der Waals surface area contributed by atoms with E-state index in [1.165, 1.54) is 0 Å². The molecule has 18 heavy (non-hydrogen) atoms. The topological polar surface area (TPSA) is 17.1 Å². The van der Waals surface area contributed by atoms with E-state index in [0.717, 1.165) is 11.1 Å². The molecule has 92 valence electrons. The average molecular weight is 279 g/mol. The van der Waals surface area contributed by atoms with Crippen LogP contribution < -0.4 is 0 Å². The number of carbonyl (C=O) groups excluding carboxylic acids is 1. The van der Waals surface area contributed by atoms with Crippen molar-refractivity contribution in [3.8, 4) is 0 Å². The molecular weight excluding hydrogens is 267 g/mol. The van der Waals surface area contributed by atoms with Gasteiger partial charge in [0.25, 0.3) is 0 Å². The Morgan fingerprint density at radius 3 is 2.33 bits per heavy atom. The molecule has 3 heteroatoms. The Balaban J connectivity index is 2.47. The van der Waals surface area contributed by atoms with Crippen LogP contribution in [0.5, 0.6) is 0 Å². The Labute approximate surface area is 116 Å². The Hall–Kier alpha value is -1.31. The molecule has 2 aromatic rings. The zero-order valence-electron chi connectivity index (χ0n) is 10.1.